The van der Waals surface area contributed by atoms with Crippen molar-refractivity contribution >= 4 is 11.5 Å². The Morgan fingerprint density at radius 3 is 2.69 bits per heavy atom. The second-order valence-electron chi connectivity index (χ2n) is 6.55. The van der Waals surface area contributed by atoms with Crippen LogP contribution in [0.3, 0.4) is 0 Å². The first-order valence-corrected chi connectivity index (χ1v) is 9.12. The minimum Gasteiger partial charge on any atom is -0.396 e. The topological polar surface area (TPSA) is 92.4 Å². The van der Waals surface area contributed by atoms with Crippen molar-refractivity contribution in [2.45, 2.75) is 45.1 Å². The van der Waals surface area contributed by atoms with E-state index in [1.165, 1.54) is 18.6 Å². The Morgan fingerprint density at radius 2 is 2.04 bits per heavy atom. The van der Waals surface area contributed by atoms with Crippen molar-refractivity contribution in [2.75, 3.05) is 18.1 Å². The van der Waals surface area contributed by atoms with Crippen molar-refractivity contribution in [2.24, 2.45) is 0 Å². The van der Waals surface area contributed by atoms with Crippen LogP contribution < -0.4 is 4.90 Å². The first-order valence-electron chi connectivity index (χ1n) is 9.12. The molecule has 1 aromatic heterocycles. The van der Waals surface area contributed by atoms with Crippen LogP contribution in [0.5, 0.6) is 0 Å². The van der Waals surface area contributed by atoms with E-state index >= 15 is 0 Å². The average molecular weight is 356 g/mol. The molecule has 0 spiro atoms. The number of non-ortho nitro benzene ring substituents is 1. The molecule has 2 heterocycles. The average Bonchev–Trinajstić information content (AvgIpc) is 2.68. The van der Waals surface area contributed by atoms with E-state index in [-0.39, 0.29) is 18.3 Å². The maximum Gasteiger partial charge on any atom is 0.269 e. The van der Waals surface area contributed by atoms with Crippen LogP contribution in [0.4, 0.5) is 11.5 Å². The highest BCUT2D eigenvalue weighted by molar-refractivity contribution is 5.60. The Balaban J connectivity index is 1.96. The summed E-state index contributed by atoms with van der Waals surface area (Å²) in [6, 6.07) is 8.65. The number of hydrogen-bond donors (Lipinski definition) is 1. The van der Waals surface area contributed by atoms with Crippen LogP contribution in [-0.2, 0) is 6.42 Å². The quantitative estimate of drug-likeness (QED) is 0.630. The molecule has 1 atom stereocenters. The molecule has 0 amide bonds. The van der Waals surface area contributed by atoms with Crippen LogP contribution in [0, 0.1) is 10.1 Å². The number of piperidine rings is 1. The van der Waals surface area contributed by atoms with E-state index in [1.54, 1.807) is 12.1 Å². The zero-order valence-corrected chi connectivity index (χ0v) is 15.0. The van der Waals surface area contributed by atoms with E-state index in [4.69, 9.17) is 4.98 Å². The predicted molar refractivity (Wildman–Crippen MR) is 100 cm³/mol. The summed E-state index contributed by atoms with van der Waals surface area (Å²) in [7, 11) is 0. The van der Waals surface area contributed by atoms with E-state index in [0.717, 1.165) is 49.3 Å². The van der Waals surface area contributed by atoms with E-state index in [1.807, 2.05) is 13.0 Å². The molecule has 0 bridgehead atoms. The number of hydrogen-bond acceptors (Lipinski definition) is 6. The summed E-state index contributed by atoms with van der Waals surface area (Å²) in [5.41, 5.74) is 1.76. The summed E-state index contributed by atoms with van der Waals surface area (Å²) in [6.45, 7) is 3.14. The summed E-state index contributed by atoms with van der Waals surface area (Å²) in [6.07, 6.45) is 4.85. The number of benzene rings is 1. The smallest absolute Gasteiger partial charge is 0.269 e. The highest BCUT2D eigenvalue weighted by Gasteiger charge is 2.24. The molecular formula is C19H24N4O3. The summed E-state index contributed by atoms with van der Waals surface area (Å²) in [5, 5.41) is 20.2. The van der Waals surface area contributed by atoms with Gasteiger partial charge in [-0.25, -0.2) is 9.97 Å². The zero-order valence-electron chi connectivity index (χ0n) is 15.0. The highest BCUT2D eigenvalue weighted by Crippen LogP contribution is 2.28. The van der Waals surface area contributed by atoms with Crippen LogP contribution in [0.1, 0.15) is 38.3 Å². The largest absolute Gasteiger partial charge is 0.396 e. The molecule has 7 heteroatoms. The molecule has 0 saturated carbocycles. The number of aryl methyl sites for hydroxylation is 1. The lowest BCUT2D eigenvalue weighted by molar-refractivity contribution is -0.384. The van der Waals surface area contributed by atoms with Crippen molar-refractivity contribution < 1.29 is 10.0 Å². The fraction of sp³-hybridized carbons (Fsp3) is 0.474. The number of aromatic nitrogens is 2. The van der Waals surface area contributed by atoms with Gasteiger partial charge < -0.3 is 10.0 Å². The number of nitrogens with zero attached hydrogens (tertiary/aromatic N) is 4. The molecule has 0 radical (unpaired) electrons. The summed E-state index contributed by atoms with van der Waals surface area (Å²) in [4.78, 5) is 22.1. The molecule has 0 aliphatic carbocycles. The predicted octanol–water partition coefficient (Wildman–Crippen LogP) is 3.36. The maximum absolute atomic E-state index is 10.9. The van der Waals surface area contributed by atoms with E-state index in [0.29, 0.717) is 5.82 Å². The fourth-order valence-corrected chi connectivity index (χ4v) is 3.42. The zero-order chi connectivity index (χ0) is 18.5. The number of nitro benzene ring substituents is 1. The normalized spacial score (nSPS) is 17.3. The minimum atomic E-state index is -0.411. The van der Waals surface area contributed by atoms with Gasteiger partial charge in [0.1, 0.15) is 5.82 Å². The van der Waals surface area contributed by atoms with Crippen molar-refractivity contribution in [3.63, 3.8) is 0 Å². The molecule has 2 aromatic rings. The SMILES string of the molecule is CCc1cc(N2CCCCC2CCO)nc(-c2ccc([N+](=O)[O-])cc2)n1. The summed E-state index contributed by atoms with van der Waals surface area (Å²) >= 11 is 0. The monoisotopic (exact) mass is 356 g/mol. The molecule has 1 unspecified atom stereocenters. The van der Waals surface area contributed by atoms with Crippen molar-refractivity contribution in [3.8, 4) is 11.4 Å². The Labute approximate surface area is 152 Å². The Morgan fingerprint density at radius 1 is 1.27 bits per heavy atom. The molecule has 1 saturated heterocycles. The van der Waals surface area contributed by atoms with Gasteiger partial charge in [0.25, 0.3) is 5.69 Å². The molecule has 1 aliphatic rings. The van der Waals surface area contributed by atoms with Gasteiger partial charge in [-0.3, -0.25) is 10.1 Å². The van der Waals surface area contributed by atoms with Crippen molar-refractivity contribution in [3.05, 3.63) is 46.1 Å². The molecule has 3 rings (SSSR count). The van der Waals surface area contributed by atoms with Gasteiger partial charge in [-0.05, 0) is 44.2 Å². The van der Waals surface area contributed by atoms with Crippen molar-refractivity contribution in [1.29, 1.82) is 0 Å². The first-order chi connectivity index (χ1) is 12.6. The van der Waals surface area contributed by atoms with Gasteiger partial charge in [0.05, 0.1) is 4.92 Å². The number of nitro groups is 1. The second-order valence-corrected chi connectivity index (χ2v) is 6.55. The third-order valence-electron chi connectivity index (χ3n) is 4.85. The van der Waals surface area contributed by atoms with Gasteiger partial charge in [0, 0.05) is 48.6 Å². The van der Waals surface area contributed by atoms with Crippen LogP contribution in [0.15, 0.2) is 30.3 Å². The summed E-state index contributed by atoms with van der Waals surface area (Å²) < 4.78 is 0. The van der Waals surface area contributed by atoms with Gasteiger partial charge in [-0.1, -0.05) is 6.92 Å². The number of aliphatic hydroxyl groups is 1. The van der Waals surface area contributed by atoms with E-state index < -0.39 is 4.92 Å². The highest BCUT2D eigenvalue weighted by atomic mass is 16.6. The Bertz CT molecular complexity index is 762. The Kier molecular flexibility index (Phi) is 5.78. The van der Waals surface area contributed by atoms with Gasteiger partial charge in [-0.15, -0.1) is 0 Å². The minimum absolute atomic E-state index is 0.0552. The molecular weight excluding hydrogens is 332 g/mol. The van der Waals surface area contributed by atoms with Gasteiger partial charge in [0.15, 0.2) is 5.82 Å². The maximum atomic E-state index is 10.9. The van der Waals surface area contributed by atoms with E-state index in [9.17, 15) is 15.2 Å². The lowest BCUT2D eigenvalue weighted by Crippen LogP contribution is -2.40. The lowest BCUT2D eigenvalue weighted by atomic mass is 9.99. The van der Waals surface area contributed by atoms with Crippen LogP contribution >= 0.6 is 0 Å². The fourth-order valence-electron chi connectivity index (χ4n) is 3.42. The number of aliphatic hydroxyl groups excluding tert-OH is 1. The van der Waals surface area contributed by atoms with E-state index in [2.05, 4.69) is 9.88 Å². The molecule has 1 aliphatic heterocycles. The standard InChI is InChI=1S/C19H24N4O3/c1-2-15-13-18(22-11-4-3-5-16(22)10-12-24)21-19(20-15)14-6-8-17(9-7-14)23(25)26/h6-9,13,16,24H,2-5,10-12H2,1H3. The van der Waals surface area contributed by atoms with Crippen LogP contribution in [0.25, 0.3) is 11.4 Å². The first kappa shape index (κ1) is 18.3. The second kappa shape index (κ2) is 8.23. The molecule has 1 N–H and O–H groups in total. The lowest BCUT2D eigenvalue weighted by Gasteiger charge is -2.36. The Hall–Kier alpha value is -2.54. The molecule has 1 aromatic carbocycles. The molecule has 26 heavy (non-hydrogen) atoms. The van der Waals surface area contributed by atoms with Crippen molar-refractivity contribution in [1.82, 2.24) is 9.97 Å². The number of rotatable bonds is 6. The van der Waals surface area contributed by atoms with Gasteiger partial charge in [-0.2, -0.15) is 0 Å². The van der Waals surface area contributed by atoms with Crippen LogP contribution in [0.2, 0.25) is 0 Å². The molecule has 1 fully saturated rings. The molecule has 138 valence electrons. The third kappa shape index (κ3) is 3.99. The summed E-state index contributed by atoms with van der Waals surface area (Å²) in [5.74, 6) is 1.46. The number of anilines is 1. The van der Waals surface area contributed by atoms with Crippen LogP contribution in [-0.4, -0.2) is 39.2 Å². The molecule has 7 nitrogen and oxygen atoms in total. The van der Waals surface area contributed by atoms with Gasteiger partial charge in [0.2, 0.25) is 0 Å². The van der Waals surface area contributed by atoms with Gasteiger partial charge >= 0.3 is 0 Å². The third-order valence-corrected chi connectivity index (χ3v) is 4.85.